The summed E-state index contributed by atoms with van der Waals surface area (Å²) in [5.74, 6) is 0. The first-order valence-corrected chi connectivity index (χ1v) is 20.1. The monoisotopic (exact) mass is 737 g/mol. The molecule has 0 saturated carbocycles. The number of nitrogens with zero attached hydrogens (tertiary/aromatic N) is 1. The third-order valence-electron chi connectivity index (χ3n) is 12.1. The fourth-order valence-corrected chi connectivity index (χ4v) is 9.64. The van der Waals surface area contributed by atoms with Crippen LogP contribution in [0.4, 0.5) is 17.1 Å². The molecule has 0 N–H and O–H groups in total. The van der Waals surface area contributed by atoms with Crippen LogP contribution in [0.3, 0.4) is 0 Å². The van der Waals surface area contributed by atoms with Gasteiger partial charge in [0.05, 0.1) is 11.1 Å². The van der Waals surface area contributed by atoms with E-state index in [2.05, 4.69) is 241 Å². The molecule has 0 amide bonds. The van der Waals surface area contributed by atoms with Crippen LogP contribution in [0.2, 0.25) is 0 Å². The van der Waals surface area contributed by atoms with Crippen molar-refractivity contribution in [2.45, 2.75) is 5.41 Å². The van der Waals surface area contributed by atoms with Crippen molar-refractivity contribution in [2.75, 3.05) is 4.90 Å². The maximum absolute atomic E-state index is 2.48. The van der Waals surface area contributed by atoms with Gasteiger partial charge in [0.25, 0.3) is 0 Å². The highest BCUT2D eigenvalue weighted by atomic mass is 15.1. The molecule has 272 valence electrons. The first-order valence-electron chi connectivity index (χ1n) is 20.1. The van der Waals surface area contributed by atoms with Crippen LogP contribution in [-0.4, -0.2) is 0 Å². The van der Waals surface area contributed by atoms with E-state index in [0.717, 1.165) is 17.1 Å². The molecule has 0 saturated heterocycles. The van der Waals surface area contributed by atoms with Gasteiger partial charge in [-0.15, -0.1) is 0 Å². The topological polar surface area (TPSA) is 3.24 Å². The van der Waals surface area contributed by atoms with E-state index in [1.807, 2.05) is 0 Å². The Balaban J connectivity index is 1.17. The molecule has 1 aliphatic rings. The molecule has 0 aromatic heterocycles. The molecular weight excluding hydrogens is 699 g/mol. The molecule has 10 aromatic rings. The number of rotatable bonds is 7. The summed E-state index contributed by atoms with van der Waals surface area (Å²) in [5.41, 5.74) is 15.3. The van der Waals surface area contributed by atoms with E-state index in [1.165, 1.54) is 77.2 Å². The lowest BCUT2D eigenvalue weighted by Crippen LogP contribution is -2.28. The highest BCUT2D eigenvalue weighted by Crippen LogP contribution is 2.59. The van der Waals surface area contributed by atoms with E-state index in [4.69, 9.17) is 0 Å². The van der Waals surface area contributed by atoms with Gasteiger partial charge >= 0.3 is 0 Å². The molecule has 0 unspecified atom stereocenters. The van der Waals surface area contributed by atoms with Crippen LogP contribution in [-0.2, 0) is 5.41 Å². The number of benzene rings is 10. The zero-order valence-electron chi connectivity index (χ0n) is 32.0. The predicted molar refractivity (Wildman–Crippen MR) is 244 cm³/mol. The predicted octanol–water partition coefficient (Wildman–Crippen LogP) is 15.2. The zero-order chi connectivity index (χ0) is 38.5. The molecule has 1 nitrogen and oxygen atoms in total. The zero-order valence-corrected chi connectivity index (χ0v) is 32.0. The Morgan fingerprint density at radius 2 is 0.810 bits per heavy atom. The van der Waals surface area contributed by atoms with Crippen molar-refractivity contribution in [3.05, 3.63) is 259 Å². The van der Waals surface area contributed by atoms with Gasteiger partial charge in [-0.2, -0.15) is 0 Å². The van der Waals surface area contributed by atoms with Gasteiger partial charge in [0.15, 0.2) is 0 Å². The van der Waals surface area contributed by atoms with E-state index in [-0.39, 0.29) is 0 Å². The molecule has 0 atom stereocenters. The van der Waals surface area contributed by atoms with Crippen molar-refractivity contribution in [3.63, 3.8) is 0 Å². The van der Waals surface area contributed by atoms with E-state index < -0.39 is 5.41 Å². The van der Waals surface area contributed by atoms with Crippen LogP contribution >= 0.6 is 0 Å². The highest BCUT2D eigenvalue weighted by molar-refractivity contribution is 6.01. The van der Waals surface area contributed by atoms with E-state index in [1.54, 1.807) is 0 Å². The van der Waals surface area contributed by atoms with Crippen molar-refractivity contribution in [1.82, 2.24) is 0 Å². The molecule has 1 heteroatoms. The first-order chi connectivity index (χ1) is 28.8. The molecule has 11 rings (SSSR count). The summed E-state index contributed by atoms with van der Waals surface area (Å²) in [6, 6.07) is 86.8. The van der Waals surface area contributed by atoms with Gasteiger partial charge in [-0.1, -0.05) is 206 Å². The maximum Gasteiger partial charge on any atom is 0.0714 e. The molecule has 0 aliphatic heterocycles. The lowest BCUT2D eigenvalue weighted by molar-refractivity contribution is 0.768. The normalized spacial score (nSPS) is 12.6. The van der Waals surface area contributed by atoms with Crippen LogP contribution in [0.1, 0.15) is 22.3 Å². The minimum Gasteiger partial charge on any atom is -0.310 e. The SMILES string of the molecule is c1ccc(C2(c3ccccc3)c3ccccc3-c3c(N(c4ccc(-c5cccc6ccccc56)cc4)c4cccc(-c5cccc6ccccc56)c4)cccc32)cc1. The smallest absolute Gasteiger partial charge is 0.0714 e. The van der Waals surface area contributed by atoms with Crippen LogP contribution in [0, 0.1) is 0 Å². The van der Waals surface area contributed by atoms with E-state index in [0.29, 0.717) is 0 Å². The Kier molecular flexibility index (Phi) is 8.12. The second-order valence-corrected chi connectivity index (χ2v) is 15.2. The average Bonchev–Trinajstić information content (AvgIpc) is 3.61. The Hall–Kier alpha value is -7.48. The minimum absolute atomic E-state index is 0.501. The third kappa shape index (κ3) is 5.32. The fraction of sp³-hybridized carbons (Fsp3) is 0.0175. The van der Waals surface area contributed by atoms with Gasteiger partial charge in [0, 0.05) is 16.9 Å². The standard InChI is InChI=1S/C57H39N/c1-3-22-44(23-4-1)57(45-24-5-2-6-25-45)53-32-12-11-29-52(53)56-54(57)33-16-34-55(56)58(46-37-35-42(36-38-46)50-30-14-19-40-17-7-9-27-48(40)50)47-26-13-21-43(39-47)51-31-15-20-41-18-8-10-28-49(41)51/h1-39H. The van der Waals surface area contributed by atoms with Crippen LogP contribution in [0.15, 0.2) is 237 Å². The summed E-state index contributed by atoms with van der Waals surface area (Å²) in [6.45, 7) is 0. The Bertz CT molecular complexity index is 3060. The summed E-state index contributed by atoms with van der Waals surface area (Å²) in [7, 11) is 0. The molecular formula is C57H39N. The quantitative estimate of drug-likeness (QED) is 0.157. The highest BCUT2D eigenvalue weighted by Gasteiger charge is 2.47. The van der Waals surface area contributed by atoms with Crippen LogP contribution < -0.4 is 4.90 Å². The Labute approximate surface area is 339 Å². The second-order valence-electron chi connectivity index (χ2n) is 15.2. The molecule has 0 fully saturated rings. The van der Waals surface area contributed by atoms with Gasteiger partial charge in [-0.25, -0.2) is 0 Å². The van der Waals surface area contributed by atoms with Crippen molar-refractivity contribution in [2.24, 2.45) is 0 Å². The van der Waals surface area contributed by atoms with Gasteiger partial charge in [0.2, 0.25) is 0 Å². The molecule has 10 aromatic carbocycles. The van der Waals surface area contributed by atoms with Crippen LogP contribution in [0.25, 0.3) is 54.9 Å². The number of hydrogen-bond acceptors (Lipinski definition) is 1. The lowest BCUT2D eigenvalue weighted by atomic mass is 9.68. The van der Waals surface area contributed by atoms with Gasteiger partial charge in [0.1, 0.15) is 0 Å². The number of fused-ring (bicyclic) bond motifs is 5. The molecule has 0 heterocycles. The minimum atomic E-state index is -0.501. The molecule has 58 heavy (non-hydrogen) atoms. The van der Waals surface area contributed by atoms with Gasteiger partial charge < -0.3 is 4.90 Å². The summed E-state index contributed by atoms with van der Waals surface area (Å²) in [6.07, 6.45) is 0. The largest absolute Gasteiger partial charge is 0.310 e. The summed E-state index contributed by atoms with van der Waals surface area (Å²) in [5, 5.41) is 4.99. The first kappa shape index (κ1) is 33.8. The molecule has 0 radical (unpaired) electrons. The fourth-order valence-electron chi connectivity index (χ4n) is 9.64. The molecule has 0 spiro atoms. The van der Waals surface area contributed by atoms with Crippen molar-refractivity contribution < 1.29 is 0 Å². The summed E-state index contributed by atoms with van der Waals surface area (Å²) < 4.78 is 0. The average molecular weight is 738 g/mol. The van der Waals surface area contributed by atoms with Crippen LogP contribution in [0.5, 0.6) is 0 Å². The summed E-state index contributed by atoms with van der Waals surface area (Å²) >= 11 is 0. The van der Waals surface area contributed by atoms with Gasteiger partial charge in [-0.05, 0) is 102 Å². The van der Waals surface area contributed by atoms with E-state index >= 15 is 0 Å². The maximum atomic E-state index is 2.48. The van der Waals surface area contributed by atoms with Crippen molar-refractivity contribution in [3.8, 4) is 33.4 Å². The summed E-state index contributed by atoms with van der Waals surface area (Å²) in [4.78, 5) is 2.48. The molecule has 0 bridgehead atoms. The van der Waals surface area contributed by atoms with Crippen molar-refractivity contribution in [1.29, 1.82) is 0 Å². The Morgan fingerprint density at radius 3 is 1.48 bits per heavy atom. The van der Waals surface area contributed by atoms with Gasteiger partial charge in [-0.3, -0.25) is 0 Å². The number of hydrogen-bond donors (Lipinski definition) is 0. The molecule has 1 aliphatic carbocycles. The lowest BCUT2D eigenvalue weighted by Gasteiger charge is -2.34. The number of anilines is 3. The Morgan fingerprint density at radius 1 is 0.310 bits per heavy atom. The third-order valence-corrected chi connectivity index (χ3v) is 12.1. The van der Waals surface area contributed by atoms with E-state index in [9.17, 15) is 0 Å². The second kappa shape index (κ2) is 13.9. The van der Waals surface area contributed by atoms with Crippen molar-refractivity contribution >= 4 is 38.6 Å².